The van der Waals surface area contributed by atoms with E-state index in [1.807, 2.05) is 7.05 Å². The summed E-state index contributed by atoms with van der Waals surface area (Å²) in [5, 5.41) is 5.26. The number of nitrogens with one attached hydrogen (secondary N) is 1. The first-order chi connectivity index (χ1) is 6.81. The van der Waals surface area contributed by atoms with Gasteiger partial charge in [0.1, 0.15) is 0 Å². The molecule has 1 N–H and O–H groups in total. The molecule has 0 bridgehead atoms. The molecule has 2 nitrogen and oxygen atoms in total. The Bertz CT molecular complexity index is 302. The average molecular weight is 276 g/mol. The second-order valence-corrected chi connectivity index (χ2v) is 5.32. The maximum absolute atomic E-state index is 5.94. The smallest absolute Gasteiger partial charge is 0.0933 e. The molecule has 0 radical (unpaired) electrons. The summed E-state index contributed by atoms with van der Waals surface area (Å²) in [6.45, 7) is 0.958. The van der Waals surface area contributed by atoms with Crippen LogP contribution >= 0.6 is 27.3 Å². The van der Waals surface area contributed by atoms with Gasteiger partial charge in [-0.05, 0) is 47.3 Å². The van der Waals surface area contributed by atoms with Crippen LogP contribution < -0.4 is 5.32 Å². The summed E-state index contributed by atoms with van der Waals surface area (Å²) in [6.07, 6.45) is 3.00. The Morgan fingerprint density at radius 3 is 3.14 bits per heavy atom. The van der Waals surface area contributed by atoms with Crippen molar-refractivity contribution < 1.29 is 4.74 Å². The molecule has 14 heavy (non-hydrogen) atoms. The highest BCUT2D eigenvalue weighted by molar-refractivity contribution is 9.10. The SMILES string of the molecule is CNCC1CCC(c2sccc2Br)O1. The van der Waals surface area contributed by atoms with Crippen molar-refractivity contribution in [1.29, 1.82) is 0 Å². The van der Waals surface area contributed by atoms with Crippen molar-refractivity contribution in [2.24, 2.45) is 0 Å². The predicted octanol–water partition coefficient (Wildman–Crippen LogP) is 2.95. The van der Waals surface area contributed by atoms with Gasteiger partial charge in [0.2, 0.25) is 0 Å². The minimum Gasteiger partial charge on any atom is -0.368 e. The van der Waals surface area contributed by atoms with Crippen LogP contribution in [0.5, 0.6) is 0 Å². The van der Waals surface area contributed by atoms with Gasteiger partial charge in [-0.2, -0.15) is 0 Å². The number of hydrogen-bond acceptors (Lipinski definition) is 3. The molecule has 1 aromatic rings. The molecule has 0 aromatic carbocycles. The highest BCUT2D eigenvalue weighted by Gasteiger charge is 2.27. The van der Waals surface area contributed by atoms with Crippen LogP contribution in [-0.2, 0) is 4.74 Å². The lowest BCUT2D eigenvalue weighted by atomic mass is 10.2. The zero-order valence-corrected chi connectivity index (χ0v) is 10.5. The Balaban J connectivity index is 1.99. The number of hydrogen-bond donors (Lipinski definition) is 1. The van der Waals surface area contributed by atoms with Crippen LogP contribution in [0, 0.1) is 0 Å². The van der Waals surface area contributed by atoms with Crippen molar-refractivity contribution in [2.75, 3.05) is 13.6 Å². The Morgan fingerprint density at radius 2 is 2.50 bits per heavy atom. The molecule has 1 aliphatic rings. The first kappa shape index (κ1) is 10.6. The highest BCUT2D eigenvalue weighted by atomic mass is 79.9. The van der Waals surface area contributed by atoms with Gasteiger partial charge in [-0.1, -0.05) is 0 Å². The van der Waals surface area contributed by atoms with E-state index < -0.39 is 0 Å². The van der Waals surface area contributed by atoms with E-state index in [1.54, 1.807) is 11.3 Å². The van der Waals surface area contributed by atoms with Crippen LogP contribution in [0.3, 0.4) is 0 Å². The van der Waals surface area contributed by atoms with Gasteiger partial charge in [0.05, 0.1) is 12.2 Å². The number of likely N-dealkylation sites (N-methyl/N-ethyl adjacent to an activating group) is 1. The van der Waals surface area contributed by atoms with Crippen LogP contribution in [0.15, 0.2) is 15.9 Å². The first-order valence-corrected chi connectivity index (χ1v) is 6.51. The van der Waals surface area contributed by atoms with E-state index in [1.165, 1.54) is 9.35 Å². The molecule has 1 aromatic heterocycles. The summed E-state index contributed by atoms with van der Waals surface area (Å²) in [7, 11) is 1.97. The average Bonchev–Trinajstić information content (AvgIpc) is 2.74. The fourth-order valence-corrected chi connectivity index (χ4v) is 3.51. The van der Waals surface area contributed by atoms with E-state index in [0.717, 1.165) is 19.4 Å². The molecule has 0 saturated carbocycles. The molecule has 2 unspecified atom stereocenters. The van der Waals surface area contributed by atoms with Gasteiger partial charge in [-0.25, -0.2) is 0 Å². The molecule has 2 rings (SSSR count). The van der Waals surface area contributed by atoms with Crippen molar-refractivity contribution in [3.8, 4) is 0 Å². The molecule has 1 aliphatic heterocycles. The number of halogens is 1. The predicted molar refractivity (Wildman–Crippen MR) is 62.8 cm³/mol. The first-order valence-electron chi connectivity index (χ1n) is 4.84. The Hall–Kier alpha value is 0.1000. The quantitative estimate of drug-likeness (QED) is 0.916. The third-order valence-electron chi connectivity index (χ3n) is 2.48. The standard InChI is InChI=1S/C10H14BrNOS/c1-12-6-7-2-3-9(13-7)10-8(11)4-5-14-10/h4-5,7,9,12H,2-3,6H2,1H3. The van der Waals surface area contributed by atoms with Gasteiger partial charge in [-0.15, -0.1) is 11.3 Å². The maximum Gasteiger partial charge on any atom is 0.0933 e. The second-order valence-electron chi connectivity index (χ2n) is 3.51. The van der Waals surface area contributed by atoms with Crippen LogP contribution in [0.1, 0.15) is 23.8 Å². The van der Waals surface area contributed by atoms with Crippen LogP contribution in [-0.4, -0.2) is 19.7 Å². The van der Waals surface area contributed by atoms with E-state index in [2.05, 4.69) is 32.7 Å². The summed E-state index contributed by atoms with van der Waals surface area (Å²) in [5.74, 6) is 0. The van der Waals surface area contributed by atoms with Crippen LogP contribution in [0.25, 0.3) is 0 Å². The summed E-state index contributed by atoms with van der Waals surface area (Å²) in [5.41, 5.74) is 0. The molecule has 78 valence electrons. The Labute approximate surface area is 96.8 Å². The van der Waals surface area contributed by atoms with Crippen LogP contribution in [0.4, 0.5) is 0 Å². The molecule has 0 amide bonds. The third-order valence-corrected chi connectivity index (χ3v) is 4.44. The Morgan fingerprint density at radius 1 is 1.64 bits per heavy atom. The summed E-state index contributed by atoms with van der Waals surface area (Å²) >= 11 is 5.32. The zero-order chi connectivity index (χ0) is 9.97. The van der Waals surface area contributed by atoms with Gasteiger partial charge in [0.15, 0.2) is 0 Å². The number of rotatable bonds is 3. The molecule has 2 atom stereocenters. The number of thiophene rings is 1. The van der Waals surface area contributed by atoms with Gasteiger partial charge in [0.25, 0.3) is 0 Å². The lowest BCUT2D eigenvalue weighted by Crippen LogP contribution is -2.22. The largest absolute Gasteiger partial charge is 0.368 e. The Kier molecular flexibility index (Phi) is 3.60. The fourth-order valence-electron chi connectivity index (χ4n) is 1.81. The molecule has 0 spiro atoms. The molecular weight excluding hydrogens is 262 g/mol. The fraction of sp³-hybridized carbons (Fsp3) is 0.600. The minimum absolute atomic E-state index is 0.308. The molecule has 2 heterocycles. The van der Waals surface area contributed by atoms with Crippen molar-refractivity contribution in [1.82, 2.24) is 5.32 Å². The molecule has 4 heteroatoms. The van der Waals surface area contributed by atoms with Crippen molar-refractivity contribution >= 4 is 27.3 Å². The van der Waals surface area contributed by atoms with Gasteiger partial charge in [-0.3, -0.25) is 0 Å². The molecule has 1 saturated heterocycles. The van der Waals surface area contributed by atoms with E-state index in [0.29, 0.717) is 12.2 Å². The monoisotopic (exact) mass is 275 g/mol. The van der Waals surface area contributed by atoms with Gasteiger partial charge in [0, 0.05) is 15.9 Å². The van der Waals surface area contributed by atoms with E-state index in [-0.39, 0.29) is 0 Å². The topological polar surface area (TPSA) is 21.3 Å². The highest BCUT2D eigenvalue weighted by Crippen LogP contribution is 2.39. The lowest BCUT2D eigenvalue weighted by Gasteiger charge is -2.12. The lowest BCUT2D eigenvalue weighted by molar-refractivity contribution is 0.0477. The summed E-state index contributed by atoms with van der Waals surface area (Å²) in [4.78, 5) is 1.34. The van der Waals surface area contributed by atoms with Crippen LogP contribution in [0.2, 0.25) is 0 Å². The van der Waals surface area contributed by atoms with Gasteiger partial charge < -0.3 is 10.1 Å². The zero-order valence-electron chi connectivity index (χ0n) is 8.13. The second kappa shape index (κ2) is 4.75. The molecule has 1 fully saturated rings. The normalized spacial score (nSPS) is 27.0. The number of ether oxygens (including phenoxy) is 1. The van der Waals surface area contributed by atoms with E-state index in [4.69, 9.17) is 4.74 Å². The minimum atomic E-state index is 0.308. The van der Waals surface area contributed by atoms with Crippen molar-refractivity contribution in [3.05, 3.63) is 20.8 Å². The third kappa shape index (κ3) is 2.19. The van der Waals surface area contributed by atoms with E-state index in [9.17, 15) is 0 Å². The van der Waals surface area contributed by atoms with E-state index >= 15 is 0 Å². The van der Waals surface area contributed by atoms with Crippen molar-refractivity contribution in [3.63, 3.8) is 0 Å². The summed E-state index contributed by atoms with van der Waals surface area (Å²) < 4.78 is 7.14. The molecule has 0 aliphatic carbocycles. The van der Waals surface area contributed by atoms with Gasteiger partial charge >= 0.3 is 0 Å². The maximum atomic E-state index is 5.94. The summed E-state index contributed by atoms with van der Waals surface area (Å²) in [6, 6.07) is 2.09. The molecular formula is C10H14BrNOS. The van der Waals surface area contributed by atoms with Crippen molar-refractivity contribution in [2.45, 2.75) is 25.0 Å².